The number of nitro groups is 1. The molecule has 13 heavy (non-hydrogen) atoms. The van der Waals surface area contributed by atoms with Gasteiger partial charge in [0, 0.05) is 6.07 Å². The zero-order valence-corrected chi connectivity index (χ0v) is 7.41. The molecular weight excluding hydrogens is 190 g/mol. The molecule has 0 N–H and O–H groups in total. The lowest BCUT2D eigenvalue weighted by atomic mass is 10.3. The molecule has 1 radical (unpaired) electrons. The van der Waals surface area contributed by atoms with E-state index >= 15 is 0 Å². The maximum Gasteiger partial charge on any atom is 0.282 e. The smallest absolute Gasteiger partial charge is 0.282 e. The van der Waals surface area contributed by atoms with E-state index in [9.17, 15) is 14.9 Å². The lowest BCUT2D eigenvalue weighted by molar-refractivity contribution is -0.387. The Kier molecular flexibility index (Phi) is 3.45. The van der Waals surface area contributed by atoms with Gasteiger partial charge < -0.3 is 0 Å². The first-order chi connectivity index (χ1) is 6.25. The van der Waals surface area contributed by atoms with Gasteiger partial charge in [-0.1, -0.05) is 12.1 Å². The largest absolute Gasteiger partial charge is 0.290 e. The van der Waals surface area contributed by atoms with E-state index in [0.29, 0.717) is 4.90 Å². The van der Waals surface area contributed by atoms with E-state index in [1.807, 2.05) is 0 Å². The zero-order valence-electron chi connectivity index (χ0n) is 6.60. The van der Waals surface area contributed by atoms with E-state index in [-0.39, 0.29) is 11.4 Å². The molecule has 0 saturated carbocycles. The lowest BCUT2D eigenvalue weighted by Gasteiger charge is -1.97. The number of nitrogens with zero attached hydrogens (tertiary/aromatic N) is 1. The van der Waals surface area contributed by atoms with Crippen LogP contribution in [0.15, 0.2) is 29.2 Å². The second kappa shape index (κ2) is 4.61. The van der Waals surface area contributed by atoms with Gasteiger partial charge in [-0.15, -0.1) is 11.8 Å². The summed E-state index contributed by atoms with van der Waals surface area (Å²) >= 11 is 1.11. The van der Waals surface area contributed by atoms with Crippen molar-refractivity contribution in [3.8, 4) is 0 Å². The minimum Gasteiger partial charge on any atom is -0.290 e. The predicted molar refractivity (Wildman–Crippen MR) is 49.5 cm³/mol. The van der Waals surface area contributed by atoms with Crippen LogP contribution in [0.25, 0.3) is 0 Å². The third-order valence-corrected chi connectivity index (χ3v) is 2.27. The fourth-order valence-corrected chi connectivity index (χ4v) is 1.52. The van der Waals surface area contributed by atoms with Crippen molar-refractivity contribution in [3.05, 3.63) is 34.4 Å². The normalized spacial score (nSPS) is 9.54. The van der Waals surface area contributed by atoms with Crippen molar-refractivity contribution in [2.75, 3.05) is 5.75 Å². The number of hydrogen-bond donors (Lipinski definition) is 0. The van der Waals surface area contributed by atoms with Gasteiger partial charge in [0.1, 0.15) is 0 Å². The van der Waals surface area contributed by atoms with Gasteiger partial charge in [0.25, 0.3) is 5.69 Å². The molecule has 0 bridgehead atoms. The van der Waals surface area contributed by atoms with E-state index < -0.39 is 4.92 Å². The second-order valence-corrected chi connectivity index (χ2v) is 3.18. The molecule has 0 fully saturated rings. The monoisotopic (exact) mass is 196 g/mol. The van der Waals surface area contributed by atoms with Crippen molar-refractivity contribution in [1.82, 2.24) is 0 Å². The molecule has 0 unspecified atom stereocenters. The Morgan fingerprint density at radius 3 is 2.77 bits per heavy atom. The summed E-state index contributed by atoms with van der Waals surface area (Å²) in [5.74, 6) is 0.116. The number of nitro benzene ring substituents is 1. The topological polar surface area (TPSA) is 60.2 Å². The molecule has 0 spiro atoms. The number of hydrogen-bond acceptors (Lipinski definition) is 4. The van der Waals surface area contributed by atoms with Crippen LogP contribution in [-0.2, 0) is 4.79 Å². The van der Waals surface area contributed by atoms with Crippen molar-refractivity contribution in [3.63, 3.8) is 0 Å². The Bertz CT molecular complexity index is 327. The van der Waals surface area contributed by atoms with E-state index in [1.54, 1.807) is 24.5 Å². The Hall–Kier alpha value is -1.36. The fourth-order valence-electron chi connectivity index (χ4n) is 0.837. The molecule has 1 rings (SSSR count). The molecule has 0 aromatic heterocycles. The first-order valence-electron chi connectivity index (χ1n) is 3.47. The van der Waals surface area contributed by atoms with Crippen molar-refractivity contribution in [2.24, 2.45) is 0 Å². The van der Waals surface area contributed by atoms with Crippen molar-refractivity contribution in [1.29, 1.82) is 0 Å². The highest BCUT2D eigenvalue weighted by Gasteiger charge is 2.11. The first-order valence-corrected chi connectivity index (χ1v) is 4.45. The quantitative estimate of drug-likeness (QED) is 0.418. The Balaban J connectivity index is 2.90. The summed E-state index contributed by atoms with van der Waals surface area (Å²) in [6.07, 6.45) is 1.67. The van der Waals surface area contributed by atoms with Crippen LogP contribution in [0.4, 0.5) is 5.69 Å². The summed E-state index contributed by atoms with van der Waals surface area (Å²) in [5, 5.41) is 10.5. The molecule has 0 aliphatic carbocycles. The summed E-state index contributed by atoms with van der Waals surface area (Å²) in [4.78, 5) is 20.5. The molecule has 5 heteroatoms. The van der Waals surface area contributed by atoms with Crippen molar-refractivity contribution < 1.29 is 9.72 Å². The maximum atomic E-state index is 10.5. The molecule has 67 valence electrons. The van der Waals surface area contributed by atoms with E-state index in [1.165, 1.54) is 6.07 Å². The molecule has 0 atom stereocenters. The molecule has 0 saturated heterocycles. The van der Waals surface area contributed by atoms with Crippen LogP contribution in [0.2, 0.25) is 0 Å². The lowest BCUT2D eigenvalue weighted by Crippen LogP contribution is -1.90. The van der Waals surface area contributed by atoms with Crippen LogP contribution < -0.4 is 0 Å². The maximum absolute atomic E-state index is 10.5. The second-order valence-electron chi connectivity index (χ2n) is 2.16. The minimum atomic E-state index is -0.465. The number of rotatable bonds is 4. The highest BCUT2D eigenvalue weighted by Crippen LogP contribution is 2.27. The van der Waals surface area contributed by atoms with Crippen LogP contribution in [0.1, 0.15) is 0 Å². The fraction of sp³-hybridized carbons (Fsp3) is 0.125. The number of carbonyl (C=O) groups excluding carboxylic acids is 1. The average Bonchev–Trinajstić information content (AvgIpc) is 2.15. The van der Waals surface area contributed by atoms with Gasteiger partial charge in [0.2, 0.25) is 6.29 Å². The molecular formula is C8H6NO3S. The summed E-state index contributed by atoms with van der Waals surface area (Å²) in [5.41, 5.74) is 0.0303. The molecule has 0 heterocycles. The molecule has 1 aromatic rings. The van der Waals surface area contributed by atoms with Crippen molar-refractivity contribution in [2.45, 2.75) is 4.90 Å². The predicted octanol–water partition coefficient (Wildman–Crippen LogP) is 1.80. The van der Waals surface area contributed by atoms with Crippen molar-refractivity contribution >= 4 is 23.7 Å². The van der Waals surface area contributed by atoms with Crippen LogP contribution in [-0.4, -0.2) is 17.0 Å². The highest BCUT2D eigenvalue weighted by atomic mass is 32.2. The Labute approximate surface area is 79.1 Å². The van der Waals surface area contributed by atoms with Gasteiger partial charge in [0.05, 0.1) is 15.6 Å². The van der Waals surface area contributed by atoms with Crippen LogP contribution in [0.3, 0.4) is 0 Å². The van der Waals surface area contributed by atoms with Gasteiger partial charge in [-0.25, -0.2) is 0 Å². The Morgan fingerprint density at radius 2 is 2.15 bits per heavy atom. The van der Waals surface area contributed by atoms with Gasteiger partial charge in [-0.05, 0) is 6.07 Å². The van der Waals surface area contributed by atoms with Gasteiger partial charge >= 0.3 is 0 Å². The summed E-state index contributed by atoms with van der Waals surface area (Å²) in [6.45, 7) is 0. The molecule has 1 aromatic carbocycles. The molecule has 0 aliphatic rings. The van der Waals surface area contributed by atoms with E-state index in [0.717, 1.165) is 11.8 Å². The third-order valence-electron chi connectivity index (χ3n) is 1.35. The van der Waals surface area contributed by atoms with Gasteiger partial charge in [-0.3, -0.25) is 14.9 Å². The van der Waals surface area contributed by atoms with Gasteiger partial charge in [0.15, 0.2) is 0 Å². The third kappa shape index (κ3) is 2.55. The molecule has 0 amide bonds. The van der Waals surface area contributed by atoms with E-state index in [2.05, 4.69) is 0 Å². The highest BCUT2D eigenvalue weighted by molar-refractivity contribution is 8.00. The zero-order chi connectivity index (χ0) is 9.68. The first kappa shape index (κ1) is 9.73. The number of thioether (sulfide) groups is 1. The van der Waals surface area contributed by atoms with Crippen LogP contribution >= 0.6 is 11.8 Å². The average molecular weight is 196 g/mol. The molecule has 0 aliphatic heterocycles. The summed E-state index contributed by atoms with van der Waals surface area (Å²) < 4.78 is 0. The SMILES string of the molecule is O=[C]CSc1ccccc1[N+](=O)[O-]. The Morgan fingerprint density at radius 1 is 1.46 bits per heavy atom. The van der Waals surface area contributed by atoms with Gasteiger partial charge in [-0.2, -0.15) is 0 Å². The van der Waals surface area contributed by atoms with Crippen LogP contribution in [0, 0.1) is 10.1 Å². The minimum absolute atomic E-state index is 0.0303. The number of para-hydroxylation sites is 1. The summed E-state index contributed by atoms with van der Waals surface area (Å²) in [6, 6.07) is 6.31. The summed E-state index contributed by atoms with van der Waals surface area (Å²) in [7, 11) is 0. The van der Waals surface area contributed by atoms with Crippen LogP contribution in [0.5, 0.6) is 0 Å². The number of benzene rings is 1. The molecule has 4 nitrogen and oxygen atoms in total. The van der Waals surface area contributed by atoms with E-state index in [4.69, 9.17) is 0 Å². The standard InChI is InChI=1S/C8H6NO3S/c10-5-6-13-8-4-2-1-3-7(8)9(11)12/h1-4H,6H2.